The number of carbonyl (C=O) groups is 2. The van der Waals surface area contributed by atoms with E-state index in [2.05, 4.69) is 39.8 Å². The Balaban J connectivity index is 1.66. The van der Waals surface area contributed by atoms with Gasteiger partial charge in [-0.2, -0.15) is 0 Å². The Morgan fingerprint density at radius 1 is 1.26 bits per heavy atom. The van der Waals surface area contributed by atoms with Crippen LogP contribution in [0.3, 0.4) is 0 Å². The molecular formula is C17H26N4O2. The number of aryl methyl sites for hydroxylation is 1. The number of hydrogen-bond acceptors (Lipinski definition) is 3. The summed E-state index contributed by atoms with van der Waals surface area (Å²) >= 11 is 0. The molecule has 1 aliphatic heterocycles. The van der Waals surface area contributed by atoms with Crippen LogP contribution in [0.25, 0.3) is 0 Å². The lowest BCUT2D eigenvalue weighted by molar-refractivity contribution is -0.121. The Morgan fingerprint density at radius 3 is 2.78 bits per heavy atom. The monoisotopic (exact) mass is 318 g/mol. The fourth-order valence-electron chi connectivity index (χ4n) is 2.97. The van der Waals surface area contributed by atoms with E-state index in [1.807, 2.05) is 6.07 Å². The lowest BCUT2D eigenvalue weighted by Crippen LogP contribution is -2.50. The van der Waals surface area contributed by atoms with Crippen LogP contribution < -0.4 is 16.4 Å². The summed E-state index contributed by atoms with van der Waals surface area (Å²) in [7, 11) is 0. The predicted molar refractivity (Wildman–Crippen MR) is 90.0 cm³/mol. The highest BCUT2D eigenvalue weighted by Gasteiger charge is 2.20. The average molecular weight is 318 g/mol. The van der Waals surface area contributed by atoms with Gasteiger partial charge in [-0.15, -0.1) is 0 Å². The Hall–Kier alpha value is -2.08. The van der Waals surface area contributed by atoms with Crippen molar-refractivity contribution in [2.24, 2.45) is 5.73 Å². The Bertz CT molecular complexity index is 507. The Morgan fingerprint density at radius 2 is 2.04 bits per heavy atom. The third kappa shape index (κ3) is 6.69. The molecule has 0 aromatic heterocycles. The number of carbonyl (C=O) groups excluding carboxylic acids is 2. The molecule has 1 aromatic rings. The van der Waals surface area contributed by atoms with E-state index in [9.17, 15) is 9.59 Å². The third-order valence-electron chi connectivity index (χ3n) is 4.08. The van der Waals surface area contributed by atoms with Crippen LogP contribution in [0, 0.1) is 0 Å². The molecule has 23 heavy (non-hydrogen) atoms. The van der Waals surface area contributed by atoms with Crippen LogP contribution in [0.5, 0.6) is 0 Å². The van der Waals surface area contributed by atoms with Crippen molar-refractivity contribution in [1.29, 1.82) is 0 Å². The number of nitrogens with two attached hydrogens (primary N) is 1. The number of rotatable bonds is 7. The van der Waals surface area contributed by atoms with E-state index >= 15 is 0 Å². The highest BCUT2D eigenvalue weighted by atomic mass is 16.2. The standard InChI is InChI=1S/C17H26N4O2/c18-17(23)19-12-16(22)20-15-9-5-11-21(13-15)10-4-8-14-6-2-1-3-7-14/h1-3,6-7,15H,4-5,8-13H2,(H,20,22)(H3,18,19,23). The molecule has 0 saturated carbocycles. The van der Waals surface area contributed by atoms with Gasteiger partial charge in [-0.25, -0.2) is 4.79 Å². The van der Waals surface area contributed by atoms with Gasteiger partial charge in [-0.1, -0.05) is 30.3 Å². The Kier molecular flexibility index (Phi) is 6.87. The molecule has 1 unspecified atom stereocenters. The molecule has 1 fully saturated rings. The summed E-state index contributed by atoms with van der Waals surface area (Å²) in [4.78, 5) is 24.7. The van der Waals surface area contributed by atoms with Crippen molar-refractivity contribution in [3.63, 3.8) is 0 Å². The summed E-state index contributed by atoms with van der Waals surface area (Å²) < 4.78 is 0. The number of amides is 3. The number of likely N-dealkylation sites (tertiary alicyclic amines) is 1. The summed E-state index contributed by atoms with van der Waals surface area (Å²) in [6, 6.07) is 9.97. The number of primary amides is 1. The van der Waals surface area contributed by atoms with Crippen molar-refractivity contribution in [2.75, 3.05) is 26.2 Å². The van der Waals surface area contributed by atoms with Crippen LogP contribution >= 0.6 is 0 Å². The van der Waals surface area contributed by atoms with E-state index in [0.29, 0.717) is 0 Å². The summed E-state index contributed by atoms with van der Waals surface area (Å²) in [6.07, 6.45) is 4.27. The van der Waals surface area contributed by atoms with Crippen molar-refractivity contribution in [3.05, 3.63) is 35.9 Å². The van der Waals surface area contributed by atoms with Gasteiger partial charge in [-0.3, -0.25) is 4.79 Å². The number of benzene rings is 1. The largest absolute Gasteiger partial charge is 0.352 e. The number of nitrogens with zero attached hydrogens (tertiary/aromatic N) is 1. The first-order valence-corrected chi connectivity index (χ1v) is 8.22. The molecule has 1 heterocycles. The highest BCUT2D eigenvalue weighted by Crippen LogP contribution is 2.11. The zero-order chi connectivity index (χ0) is 16.5. The molecule has 4 N–H and O–H groups in total. The maximum atomic E-state index is 11.7. The lowest BCUT2D eigenvalue weighted by atomic mass is 10.0. The van der Waals surface area contributed by atoms with Gasteiger partial charge in [0.2, 0.25) is 5.91 Å². The molecule has 1 atom stereocenters. The van der Waals surface area contributed by atoms with Gasteiger partial charge in [0.15, 0.2) is 0 Å². The molecule has 0 spiro atoms. The lowest BCUT2D eigenvalue weighted by Gasteiger charge is -2.33. The molecule has 2 rings (SSSR count). The van der Waals surface area contributed by atoms with Crippen molar-refractivity contribution < 1.29 is 9.59 Å². The number of urea groups is 1. The van der Waals surface area contributed by atoms with Crippen LogP contribution in [0.15, 0.2) is 30.3 Å². The second-order valence-corrected chi connectivity index (χ2v) is 6.01. The molecule has 3 amide bonds. The fourth-order valence-corrected chi connectivity index (χ4v) is 2.97. The molecule has 6 nitrogen and oxygen atoms in total. The van der Waals surface area contributed by atoms with Gasteiger partial charge in [0.1, 0.15) is 0 Å². The second-order valence-electron chi connectivity index (χ2n) is 6.01. The highest BCUT2D eigenvalue weighted by molar-refractivity contribution is 5.83. The van der Waals surface area contributed by atoms with Crippen molar-refractivity contribution in [3.8, 4) is 0 Å². The molecule has 1 saturated heterocycles. The molecule has 0 aliphatic carbocycles. The number of hydrogen-bond donors (Lipinski definition) is 3. The first-order chi connectivity index (χ1) is 11.1. The van der Waals surface area contributed by atoms with Gasteiger partial charge < -0.3 is 21.3 Å². The normalized spacial score (nSPS) is 18.3. The maximum absolute atomic E-state index is 11.7. The minimum absolute atomic E-state index is 0.0557. The van der Waals surface area contributed by atoms with E-state index < -0.39 is 6.03 Å². The fraction of sp³-hybridized carbons (Fsp3) is 0.529. The van der Waals surface area contributed by atoms with Gasteiger partial charge in [0, 0.05) is 12.6 Å². The molecular weight excluding hydrogens is 292 g/mol. The first-order valence-electron chi connectivity index (χ1n) is 8.22. The minimum atomic E-state index is -0.675. The molecule has 0 radical (unpaired) electrons. The zero-order valence-corrected chi connectivity index (χ0v) is 13.5. The smallest absolute Gasteiger partial charge is 0.312 e. The summed E-state index contributed by atoms with van der Waals surface area (Å²) in [5, 5.41) is 5.27. The molecule has 0 bridgehead atoms. The number of piperidine rings is 1. The minimum Gasteiger partial charge on any atom is -0.352 e. The van der Waals surface area contributed by atoms with Gasteiger partial charge in [-0.05, 0) is 44.3 Å². The van der Waals surface area contributed by atoms with Crippen LogP contribution in [0.1, 0.15) is 24.8 Å². The van der Waals surface area contributed by atoms with Gasteiger partial charge >= 0.3 is 6.03 Å². The SMILES string of the molecule is NC(=O)NCC(=O)NC1CCCN(CCCc2ccccc2)C1. The molecule has 1 aliphatic rings. The quantitative estimate of drug-likeness (QED) is 0.697. The number of nitrogens with one attached hydrogen (secondary N) is 2. The van der Waals surface area contributed by atoms with Crippen LogP contribution in [0.4, 0.5) is 4.79 Å². The van der Waals surface area contributed by atoms with Crippen LogP contribution in [0.2, 0.25) is 0 Å². The summed E-state index contributed by atoms with van der Waals surface area (Å²) in [5.74, 6) is -0.181. The van der Waals surface area contributed by atoms with E-state index in [4.69, 9.17) is 5.73 Å². The van der Waals surface area contributed by atoms with Crippen molar-refractivity contribution in [1.82, 2.24) is 15.5 Å². The van der Waals surface area contributed by atoms with Crippen molar-refractivity contribution in [2.45, 2.75) is 31.7 Å². The summed E-state index contributed by atoms with van der Waals surface area (Å²) in [6.45, 7) is 2.94. The van der Waals surface area contributed by atoms with Gasteiger partial charge in [0.25, 0.3) is 0 Å². The first kappa shape index (κ1) is 17.3. The van der Waals surface area contributed by atoms with Crippen LogP contribution in [-0.4, -0.2) is 49.1 Å². The average Bonchev–Trinajstić information content (AvgIpc) is 2.54. The van der Waals surface area contributed by atoms with Gasteiger partial charge in [0.05, 0.1) is 6.54 Å². The molecule has 6 heteroatoms. The van der Waals surface area contributed by atoms with E-state index in [1.165, 1.54) is 5.56 Å². The summed E-state index contributed by atoms with van der Waals surface area (Å²) in [5.41, 5.74) is 6.33. The predicted octanol–water partition coefficient (Wildman–Crippen LogP) is 0.868. The van der Waals surface area contributed by atoms with E-state index in [-0.39, 0.29) is 18.5 Å². The topological polar surface area (TPSA) is 87.5 Å². The van der Waals surface area contributed by atoms with E-state index in [1.54, 1.807) is 0 Å². The molecule has 126 valence electrons. The van der Waals surface area contributed by atoms with Crippen molar-refractivity contribution >= 4 is 11.9 Å². The second kappa shape index (κ2) is 9.15. The Labute approximate surface area is 137 Å². The maximum Gasteiger partial charge on any atom is 0.312 e. The van der Waals surface area contributed by atoms with E-state index in [0.717, 1.165) is 45.3 Å². The zero-order valence-electron chi connectivity index (χ0n) is 13.5. The van der Waals surface area contributed by atoms with Crippen LogP contribution in [-0.2, 0) is 11.2 Å². The molecule has 1 aromatic carbocycles. The third-order valence-corrected chi connectivity index (χ3v) is 4.08.